The van der Waals surface area contributed by atoms with Crippen LogP contribution in [0.5, 0.6) is 5.75 Å². The van der Waals surface area contributed by atoms with E-state index in [2.05, 4.69) is 4.72 Å². The average Bonchev–Trinajstić information content (AvgIpc) is 2.49. The molecule has 2 rings (SSSR count). The van der Waals surface area contributed by atoms with Crippen molar-refractivity contribution in [1.29, 1.82) is 0 Å². The zero-order valence-corrected chi connectivity index (χ0v) is 13.7. The molecule has 0 bridgehead atoms. The lowest BCUT2D eigenvalue weighted by Crippen LogP contribution is -2.15. The first-order valence-corrected chi connectivity index (χ1v) is 8.45. The van der Waals surface area contributed by atoms with Gasteiger partial charge in [0.15, 0.2) is 0 Å². The lowest BCUT2D eigenvalue weighted by atomic mass is 10.3. The van der Waals surface area contributed by atoms with Crippen LogP contribution in [-0.4, -0.2) is 20.9 Å². The Balaban J connectivity index is 1.97. The van der Waals surface area contributed by atoms with Crippen molar-refractivity contribution in [3.8, 4) is 5.75 Å². The van der Waals surface area contributed by atoms with Crippen molar-refractivity contribution in [3.63, 3.8) is 0 Å². The second-order valence-electron chi connectivity index (χ2n) is 3.98. The monoisotopic (exact) mass is 416 g/mol. The van der Waals surface area contributed by atoms with Gasteiger partial charge in [0.2, 0.25) is 0 Å². The maximum absolute atomic E-state index is 11.9. The number of carbonyl (C=O) groups excluding carboxylic acids is 1. The van der Waals surface area contributed by atoms with E-state index in [1.165, 1.54) is 12.1 Å². The van der Waals surface area contributed by atoms with E-state index >= 15 is 0 Å². The quantitative estimate of drug-likeness (QED) is 0.427. The van der Waals surface area contributed by atoms with Gasteiger partial charge < -0.3 is 9.46 Å². The number of ether oxygens (including phenoxy) is 1. The topological polar surface area (TPSA) is 74.5 Å². The van der Waals surface area contributed by atoms with Crippen LogP contribution in [-0.2, 0) is 14.8 Å². The minimum absolute atomic E-state index is 0.0482. The molecule has 0 aliphatic rings. The van der Waals surface area contributed by atoms with Crippen molar-refractivity contribution in [2.75, 3.05) is 6.54 Å². The molecule has 7 heteroatoms. The molecule has 0 N–H and O–H groups in total. The molecule has 0 fully saturated rings. The third-order valence-electron chi connectivity index (χ3n) is 2.47. The van der Waals surface area contributed by atoms with Crippen molar-refractivity contribution >= 4 is 38.6 Å². The maximum Gasteiger partial charge on any atom is 0.290 e. The van der Waals surface area contributed by atoms with Gasteiger partial charge in [-0.15, -0.1) is 0 Å². The summed E-state index contributed by atoms with van der Waals surface area (Å²) in [6.45, 7) is -0.553. The summed E-state index contributed by atoms with van der Waals surface area (Å²) in [4.78, 5) is 11.7. The Bertz CT molecular complexity index is 732. The first kappa shape index (κ1) is 15.9. The number of rotatable bonds is 5. The van der Waals surface area contributed by atoms with E-state index in [0.29, 0.717) is 5.75 Å². The van der Waals surface area contributed by atoms with Gasteiger partial charge in [0.05, 0.1) is 3.57 Å². The molecule has 0 heterocycles. The third kappa shape index (κ3) is 4.51. The normalized spacial score (nSPS) is 11.1. The molecule has 5 nitrogen and oxygen atoms in total. The predicted octanol–water partition coefficient (Wildman–Crippen LogP) is 2.96. The molecule has 110 valence electrons. The molecule has 0 aliphatic carbocycles. The van der Waals surface area contributed by atoms with Crippen LogP contribution in [0, 0.1) is 3.57 Å². The molecule has 0 aliphatic heterocycles. The van der Waals surface area contributed by atoms with Crippen molar-refractivity contribution in [2.45, 2.75) is 4.90 Å². The minimum Gasteiger partial charge on any atom is -0.535 e. The van der Waals surface area contributed by atoms with E-state index in [1.807, 2.05) is 28.7 Å². The molecule has 0 amide bonds. The average molecular weight is 416 g/mol. The lowest BCUT2D eigenvalue weighted by Gasteiger charge is -2.19. The van der Waals surface area contributed by atoms with Crippen molar-refractivity contribution in [3.05, 3.63) is 62.9 Å². The van der Waals surface area contributed by atoms with Gasteiger partial charge in [0.25, 0.3) is 5.97 Å². The molecule has 0 saturated heterocycles. The molecule has 0 unspecified atom stereocenters. The summed E-state index contributed by atoms with van der Waals surface area (Å²) < 4.78 is 33.0. The van der Waals surface area contributed by atoms with E-state index in [9.17, 15) is 13.2 Å². The van der Waals surface area contributed by atoms with Crippen LogP contribution in [0.1, 0.15) is 0 Å². The number of carbonyl (C=O) groups is 1. The molecular formula is C14H11INO4S-. The summed E-state index contributed by atoms with van der Waals surface area (Å²) in [5, 5.41) is 0. The van der Waals surface area contributed by atoms with Crippen LogP contribution in [0.4, 0.5) is 0 Å². The number of para-hydroxylation sites is 1. The molecular weight excluding hydrogens is 405 g/mol. The van der Waals surface area contributed by atoms with Crippen molar-refractivity contribution in [2.24, 2.45) is 0 Å². The molecule has 0 radical (unpaired) electrons. The van der Waals surface area contributed by atoms with Gasteiger partial charge >= 0.3 is 0 Å². The zero-order valence-electron chi connectivity index (χ0n) is 10.8. The van der Waals surface area contributed by atoms with Crippen LogP contribution >= 0.6 is 22.6 Å². The van der Waals surface area contributed by atoms with E-state index in [4.69, 9.17) is 4.74 Å². The smallest absolute Gasteiger partial charge is 0.290 e. The second kappa shape index (κ2) is 7.01. The van der Waals surface area contributed by atoms with Gasteiger partial charge in [0.1, 0.15) is 15.8 Å². The van der Waals surface area contributed by atoms with E-state index < -0.39 is 22.5 Å². The molecule has 2 aromatic carbocycles. The van der Waals surface area contributed by atoms with Gasteiger partial charge in [-0.3, -0.25) is 4.79 Å². The Hall–Kier alpha value is -1.45. The number of sulfonamides is 1. The number of hydrogen-bond acceptors (Lipinski definition) is 4. The van der Waals surface area contributed by atoms with Crippen LogP contribution in [0.3, 0.4) is 0 Å². The lowest BCUT2D eigenvalue weighted by molar-refractivity contribution is -0.132. The summed E-state index contributed by atoms with van der Waals surface area (Å²) in [6.07, 6.45) is 0. The molecule has 0 aromatic heterocycles. The van der Waals surface area contributed by atoms with Crippen LogP contribution in [0.25, 0.3) is 4.72 Å². The number of nitrogens with zero attached hydrogens (tertiary/aromatic N) is 1. The fourth-order valence-corrected chi connectivity index (χ4v) is 2.91. The van der Waals surface area contributed by atoms with Gasteiger partial charge in [-0.25, -0.2) is 8.42 Å². The maximum atomic E-state index is 11.9. The third-order valence-corrected chi connectivity index (χ3v) is 4.69. The highest BCUT2D eigenvalue weighted by molar-refractivity contribution is 14.1. The van der Waals surface area contributed by atoms with Gasteiger partial charge in [0, 0.05) is 4.90 Å². The minimum atomic E-state index is -3.84. The van der Waals surface area contributed by atoms with E-state index in [1.54, 1.807) is 36.4 Å². The Morgan fingerprint density at radius 3 is 2.33 bits per heavy atom. The Labute approximate surface area is 136 Å². The number of esters is 1. The zero-order chi connectivity index (χ0) is 15.3. The number of halogens is 1. The SMILES string of the molecule is O=C(C[N-]S(=O)(=O)c1ccccc1)Oc1ccccc1I. The summed E-state index contributed by atoms with van der Waals surface area (Å²) in [7, 11) is -3.84. The highest BCUT2D eigenvalue weighted by Gasteiger charge is 2.07. The molecule has 2 aromatic rings. The standard InChI is InChI=1S/C14H11INO4S/c15-12-8-4-5-9-13(12)20-14(17)10-16-21(18,19)11-6-2-1-3-7-11/h1-9H,10H2/q-1. The van der Waals surface area contributed by atoms with Gasteiger partial charge in [-0.2, -0.15) is 0 Å². The van der Waals surface area contributed by atoms with Crippen LogP contribution in [0.15, 0.2) is 59.5 Å². The van der Waals surface area contributed by atoms with Crippen molar-refractivity contribution in [1.82, 2.24) is 0 Å². The summed E-state index contributed by atoms with van der Waals surface area (Å²) in [5.41, 5.74) is 0. The Morgan fingerprint density at radius 1 is 1.05 bits per heavy atom. The van der Waals surface area contributed by atoms with Crippen LogP contribution < -0.4 is 4.74 Å². The highest BCUT2D eigenvalue weighted by atomic mass is 127. The van der Waals surface area contributed by atoms with Gasteiger partial charge in [-0.05, 0) is 53.4 Å². The fraction of sp³-hybridized carbons (Fsp3) is 0.0714. The summed E-state index contributed by atoms with van der Waals surface area (Å²) >= 11 is 2.02. The molecule has 0 spiro atoms. The number of benzene rings is 2. The fourth-order valence-electron chi connectivity index (χ4n) is 1.49. The first-order valence-electron chi connectivity index (χ1n) is 5.93. The number of hydrogen-bond donors (Lipinski definition) is 0. The Kier molecular flexibility index (Phi) is 5.32. The van der Waals surface area contributed by atoms with Gasteiger partial charge in [-0.1, -0.05) is 30.3 Å². The molecule has 0 atom stereocenters. The van der Waals surface area contributed by atoms with E-state index in [0.717, 1.165) is 3.57 Å². The van der Waals surface area contributed by atoms with Crippen LogP contribution in [0.2, 0.25) is 0 Å². The van der Waals surface area contributed by atoms with Crippen molar-refractivity contribution < 1.29 is 17.9 Å². The highest BCUT2D eigenvalue weighted by Crippen LogP contribution is 2.21. The molecule has 0 saturated carbocycles. The predicted molar refractivity (Wildman–Crippen MR) is 86.6 cm³/mol. The Morgan fingerprint density at radius 2 is 1.67 bits per heavy atom. The largest absolute Gasteiger partial charge is 0.535 e. The first-order chi connectivity index (χ1) is 9.99. The summed E-state index contributed by atoms with van der Waals surface area (Å²) in [6, 6.07) is 14.7. The second-order valence-corrected chi connectivity index (χ2v) is 6.82. The summed E-state index contributed by atoms with van der Waals surface area (Å²) in [5.74, 6) is -0.339. The van der Waals surface area contributed by atoms with E-state index in [-0.39, 0.29) is 4.90 Å². The molecule has 21 heavy (non-hydrogen) atoms.